The molecule has 0 heterocycles. The monoisotopic (exact) mass is 576 g/mol. The molecule has 0 atom stereocenters. The van der Waals surface area contributed by atoms with Crippen LogP contribution in [0.2, 0.25) is 0 Å². The minimum atomic E-state index is 1.30. The van der Waals surface area contributed by atoms with E-state index in [0.29, 0.717) is 0 Å². The lowest BCUT2D eigenvalue weighted by Gasteiger charge is -2.09. The standard InChI is InChI=1S/C46H24/c1-5-13-31-25(9-1)17-39-35-21-29-23-37-38(24-30(29)22-36(35)40-18-26-10-2-6-14-32(26)43(31)45(39)40)42-20-28-12-4-8-16-34(28)44-33-15-7-3-11-27(33)19-41(37)46(42)44/h1-24H. The molecule has 0 nitrogen and oxygen atoms in total. The number of fused-ring (bicyclic) bond motifs is 15. The molecule has 0 N–H and O–H groups in total. The van der Waals surface area contributed by atoms with Gasteiger partial charge in [-0.25, -0.2) is 0 Å². The molecular formula is C46H24. The number of hydrogen-bond donors (Lipinski definition) is 0. The summed E-state index contributed by atoms with van der Waals surface area (Å²) in [6.45, 7) is 0. The SMILES string of the molecule is c1ccc2c(c1)cc1c3cc4cc5c(cc4cc3c3cc4ccccc4c2c13)c1cc2ccccc2c2c3ccccc3cc5c12. The van der Waals surface area contributed by atoms with Crippen LogP contribution in [0.15, 0.2) is 146 Å². The molecule has 0 saturated heterocycles. The van der Waals surface area contributed by atoms with Crippen LogP contribution in [-0.4, -0.2) is 0 Å². The van der Waals surface area contributed by atoms with Crippen molar-refractivity contribution >= 4 is 118 Å². The van der Waals surface area contributed by atoms with Gasteiger partial charge in [-0.2, -0.15) is 0 Å². The Hall–Kier alpha value is -5.98. The smallest absolute Gasteiger partial charge is 0.00134 e. The molecule has 0 aliphatic carbocycles. The third-order valence-electron chi connectivity index (χ3n) is 11.0. The van der Waals surface area contributed by atoms with E-state index in [1.165, 1.54) is 118 Å². The van der Waals surface area contributed by atoms with E-state index in [1.54, 1.807) is 0 Å². The first-order chi connectivity index (χ1) is 22.8. The van der Waals surface area contributed by atoms with Crippen LogP contribution in [0, 0.1) is 0 Å². The lowest BCUT2D eigenvalue weighted by atomic mass is 9.94. The summed E-state index contributed by atoms with van der Waals surface area (Å²) in [5, 5.41) is 29.5. The fourth-order valence-corrected chi connectivity index (χ4v) is 9.06. The molecule has 0 saturated carbocycles. The van der Waals surface area contributed by atoms with Crippen LogP contribution in [0.1, 0.15) is 0 Å². The molecule has 12 aromatic carbocycles. The fraction of sp³-hybridized carbons (Fsp3) is 0. The van der Waals surface area contributed by atoms with Gasteiger partial charge >= 0.3 is 0 Å². The van der Waals surface area contributed by atoms with Crippen LogP contribution >= 0.6 is 0 Å². The molecule has 46 heavy (non-hydrogen) atoms. The second kappa shape index (κ2) is 7.99. The molecule has 0 bridgehead atoms. The summed E-state index contributed by atoms with van der Waals surface area (Å²) < 4.78 is 0. The van der Waals surface area contributed by atoms with Crippen molar-refractivity contribution in [3.8, 4) is 0 Å². The van der Waals surface area contributed by atoms with Crippen molar-refractivity contribution < 1.29 is 0 Å². The van der Waals surface area contributed by atoms with Crippen molar-refractivity contribution in [1.29, 1.82) is 0 Å². The minimum absolute atomic E-state index is 1.30. The maximum Gasteiger partial charge on any atom is -0.00134 e. The molecule has 12 aromatic rings. The Morgan fingerprint density at radius 2 is 0.391 bits per heavy atom. The molecule has 0 unspecified atom stereocenters. The van der Waals surface area contributed by atoms with Crippen molar-refractivity contribution in [1.82, 2.24) is 0 Å². The van der Waals surface area contributed by atoms with E-state index >= 15 is 0 Å². The Kier molecular flexibility index (Phi) is 4.07. The highest BCUT2D eigenvalue weighted by atomic mass is 14.2. The van der Waals surface area contributed by atoms with Crippen LogP contribution in [0.4, 0.5) is 0 Å². The normalized spacial score (nSPS) is 12.8. The van der Waals surface area contributed by atoms with Gasteiger partial charge in [0.25, 0.3) is 0 Å². The number of rotatable bonds is 0. The summed E-state index contributed by atoms with van der Waals surface area (Å²) in [4.78, 5) is 0. The summed E-state index contributed by atoms with van der Waals surface area (Å²) in [6.07, 6.45) is 0. The largest absolute Gasteiger partial charge is 0.0616 e. The Bertz CT molecular complexity index is 2860. The van der Waals surface area contributed by atoms with E-state index in [1.807, 2.05) is 0 Å². The van der Waals surface area contributed by atoms with E-state index in [4.69, 9.17) is 0 Å². The zero-order valence-corrected chi connectivity index (χ0v) is 24.9. The zero-order valence-electron chi connectivity index (χ0n) is 24.9. The molecule has 0 heteroatoms. The molecule has 0 amide bonds. The van der Waals surface area contributed by atoms with Crippen LogP contribution in [0.5, 0.6) is 0 Å². The zero-order chi connectivity index (χ0) is 29.7. The van der Waals surface area contributed by atoms with Crippen molar-refractivity contribution in [3.05, 3.63) is 146 Å². The second-order valence-corrected chi connectivity index (χ2v) is 13.2. The summed E-state index contributed by atoms with van der Waals surface area (Å²) in [7, 11) is 0. The van der Waals surface area contributed by atoms with Gasteiger partial charge in [-0.15, -0.1) is 0 Å². The maximum atomic E-state index is 2.47. The van der Waals surface area contributed by atoms with Gasteiger partial charge in [0.2, 0.25) is 0 Å². The fourth-order valence-electron chi connectivity index (χ4n) is 9.06. The van der Waals surface area contributed by atoms with Crippen LogP contribution in [0.25, 0.3) is 118 Å². The van der Waals surface area contributed by atoms with Gasteiger partial charge in [0.15, 0.2) is 0 Å². The molecule has 0 aliphatic heterocycles. The van der Waals surface area contributed by atoms with Crippen molar-refractivity contribution in [2.24, 2.45) is 0 Å². The van der Waals surface area contributed by atoms with E-state index in [0.717, 1.165) is 0 Å². The van der Waals surface area contributed by atoms with E-state index in [9.17, 15) is 0 Å². The number of hydrogen-bond acceptors (Lipinski definition) is 0. The average Bonchev–Trinajstić information content (AvgIpc) is 3.57. The summed E-state index contributed by atoms with van der Waals surface area (Å²) >= 11 is 0. The topological polar surface area (TPSA) is 0 Å². The molecule has 0 aliphatic rings. The van der Waals surface area contributed by atoms with Gasteiger partial charge in [0.1, 0.15) is 0 Å². The summed E-state index contributed by atoms with van der Waals surface area (Å²) in [6, 6.07) is 55.2. The Morgan fingerprint density at radius 1 is 0.174 bits per heavy atom. The van der Waals surface area contributed by atoms with Gasteiger partial charge in [-0.3, -0.25) is 0 Å². The first kappa shape index (κ1) is 23.4. The first-order valence-electron chi connectivity index (χ1n) is 16.2. The number of benzene rings is 10. The van der Waals surface area contributed by atoms with Crippen LogP contribution < -0.4 is 0 Å². The highest BCUT2D eigenvalue weighted by Gasteiger charge is 2.20. The highest BCUT2D eigenvalue weighted by molar-refractivity contribution is 6.42. The Morgan fingerprint density at radius 3 is 0.674 bits per heavy atom. The van der Waals surface area contributed by atoms with Crippen molar-refractivity contribution in [3.63, 3.8) is 0 Å². The summed E-state index contributed by atoms with van der Waals surface area (Å²) in [5.41, 5.74) is 0. The maximum absolute atomic E-state index is 2.47. The highest BCUT2D eigenvalue weighted by Crippen LogP contribution is 2.49. The lowest BCUT2D eigenvalue weighted by molar-refractivity contribution is 1.81. The van der Waals surface area contributed by atoms with Gasteiger partial charge < -0.3 is 0 Å². The molecule has 0 aromatic heterocycles. The van der Waals surface area contributed by atoms with Crippen molar-refractivity contribution in [2.45, 2.75) is 0 Å². The van der Waals surface area contributed by atoms with Crippen LogP contribution in [0.3, 0.4) is 0 Å². The predicted molar refractivity (Wildman–Crippen MR) is 201 cm³/mol. The van der Waals surface area contributed by atoms with Gasteiger partial charge in [0, 0.05) is 0 Å². The molecule has 0 radical (unpaired) electrons. The van der Waals surface area contributed by atoms with Crippen molar-refractivity contribution in [2.75, 3.05) is 0 Å². The quantitative estimate of drug-likeness (QED) is 0.158. The molecule has 12 rings (SSSR count). The van der Waals surface area contributed by atoms with E-state index in [2.05, 4.69) is 146 Å². The van der Waals surface area contributed by atoms with E-state index in [-0.39, 0.29) is 0 Å². The third kappa shape index (κ3) is 2.74. The third-order valence-corrected chi connectivity index (χ3v) is 11.0. The van der Waals surface area contributed by atoms with E-state index < -0.39 is 0 Å². The van der Waals surface area contributed by atoms with Gasteiger partial charge in [-0.05, 0) is 167 Å². The Balaban J connectivity index is 1.30. The van der Waals surface area contributed by atoms with Gasteiger partial charge in [0.05, 0.1) is 0 Å². The average molecular weight is 577 g/mol. The van der Waals surface area contributed by atoms with Gasteiger partial charge in [-0.1, -0.05) is 97.1 Å². The molecule has 0 fully saturated rings. The molecule has 208 valence electrons. The minimum Gasteiger partial charge on any atom is -0.0616 e. The lowest BCUT2D eigenvalue weighted by Crippen LogP contribution is -1.81. The molecule has 0 spiro atoms. The Labute approximate surface area is 263 Å². The van der Waals surface area contributed by atoms with Crippen LogP contribution in [-0.2, 0) is 0 Å². The molecular weight excluding hydrogens is 553 g/mol. The predicted octanol–water partition coefficient (Wildman–Crippen LogP) is 13.2. The second-order valence-electron chi connectivity index (χ2n) is 13.2. The summed E-state index contributed by atoms with van der Waals surface area (Å²) in [5.74, 6) is 0. The first-order valence-corrected chi connectivity index (χ1v) is 16.2.